The van der Waals surface area contributed by atoms with Gasteiger partial charge in [0.25, 0.3) is 5.91 Å². The number of amides is 1. The van der Waals surface area contributed by atoms with Crippen LogP contribution in [-0.2, 0) is 6.54 Å². The number of anilines is 1. The Bertz CT molecular complexity index is 522. The maximum atomic E-state index is 10.9. The van der Waals surface area contributed by atoms with E-state index >= 15 is 0 Å². The number of nitrogens with zero attached hydrogens (tertiary/aromatic N) is 5. The second kappa shape index (κ2) is 5.94. The van der Waals surface area contributed by atoms with Gasteiger partial charge in [0.05, 0.1) is 6.33 Å². The van der Waals surface area contributed by atoms with Gasteiger partial charge in [-0.1, -0.05) is 0 Å². The molecule has 0 aromatic carbocycles. The number of carbonyl (C=O) groups excluding carboxylic acids is 1. The fourth-order valence-corrected chi connectivity index (χ4v) is 1.68. The van der Waals surface area contributed by atoms with Crippen LogP contribution in [0.25, 0.3) is 0 Å². The Balaban J connectivity index is 1.85. The van der Waals surface area contributed by atoms with Crippen molar-refractivity contribution in [2.75, 3.05) is 18.5 Å². The van der Waals surface area contributed by atoms with Crippen molar-refractivity contribution in [3.8, 4) is 0 Å². The van der Waals surface area contributed by atoms with Crippen molar-refractivity contribution in [2.24, 2.45) is 5.73 Å². The molecule has 0 bridgehead atoms. The summed E-state index contributed by atoms with van der Waals surface area (Å²) in [6, 6.07) is 3.32. The second-order valence-corrected chi connectivity index (χ2v) is 4.22. The van der Waals surface area contributed by atoms with Crippen LogP contribution < -0.4 is 10.6 Å². The van der Waals surface area contributed by atoms with Crippen LogP contribution in [0.2, 0.25) is 0 Å². The molecule has 100 valence electrons. The highest BCUT2D eigenvalue weighted by atomic mass is 16.1. The van der Waals surface area contributed by atoms with E-state index in [1.807, 2.05) is 22.7 Å². The summed E-state index contributed by atoms with van der Waals surface area (Å²) in [7, 11) is 1.93. The van der Waals surface area contributed by atoms with Gasteiger partial charge in [0.15, 0.2) is 11.5 Å². The van der Waals surface area contributed by atoms with Gasteiger partial charge >= 0.3 is 0 Å². The van der Waals surface area contributed by atoms with Crippen molar-refractivity contribution >= 4 is 11.7 Å². The highest BCUT2D eigenvalue weighted by molar-refractivity contribution is 5.90. The number of nitrogens with two attached hydrogens (primary N) is 1. The topological polar surface area (TPSA) is 89.9 Å². The highest BCUT2D eigenvalue weighted by Gasteiger charge is 2.06. The zero-order valence-electron chi connectivity index (χ0n) is 10.7. The first-order chi connectivity index (χ1) is 9.16. The Morgan fingerprint density at radius 2 is 2.26 bits per heavy atom. The van der Waals surface area contributed by atoms with Crippen molar-refractivity contribution in [1.82, 2.24) is 19.7 Å². The number of hydrogen-bond acceptors (Lipinski definition) is 5. The van der Waals surface area contributed by atoms with Crippen LogP contribution in [-0.4, -0.2) is 39.2 Å². The van der Waals surface area contributed by atoms with Gasteiger partial charge in [0.2, 0.25) is 0 Å². The molecule has 0 aliphatic heterocycles. The molecule has 0 spiro atoms. The SMILES string of the molecule is CN(CCCn1ccnc1)c1ccc(C(N)=O)nn1. The fraction of sp³-hybridized carbons (Fsp3) is 0.333. The minimum atomic E-state index is -0.568. The molecule has 7 heteroatoms. The number of aryl methyl sites for hydroxylation is 1. The summed E-state index contributed by atoms with van der Waals surface area (Å²) in [5.41, 5.74) is 5.29. The van der Waals surface area contributed by atoms with E-state index in [0.29, 0.717) is 0 Å². The van der Waals surface area contributed by atoms with Gasteiger partial charge in [0.1, 0.15) is 0 Å². The molecular weight excluding hydrogens is 244 g/mol. The summed E-state index contributed by atoms with van der Waals surface area (Å²) in [4.78, 5) is 16.9. The summed E-state index contributed by atoms with van der Waals surface area (Å²) in [6.07, 6.45) is 6.45. The van der Waals surface area contributed by atoms with Gasteiger partial charge < -0.3 is 15.2 Å². The van der Waals surface area contributed by atoms with Gasteiger partial charge in [-0.3, -0.25) is 4.79 Å². The molecule has 2 N–H and O–H groups in total. The molecule has 19 heavy (non-hydrogen) atoms. The van der Waals surface area contributed by atoms with E-state index in [9.17, 15) is 4.79 Å². The molecule has 0 unspecified atom stereocenters. The van der Waals surface area contributed by atoms with E-state index in [1.54, 1.807) is 24.7 Å². The van der Waals surface area contributed by atoms with E-state index < -0.39 is 5.91 Å². The summed E-state index contributed by atoms with van der Waals surface area (Å²) in [6.45, 7) is 1.74. The van der Waals surface area contributed by atoms with Crippen molar-refractivity contribution in [1.29, 1.82) is 0 Å². The lowest BCUT2D eigenvalue weighted by molar-refractivity contribution is 0.0994. The minimum Gasteiger partial charge on any atom is -0.364 e. The van der Waals surface area contributed by atoms with E-state index in [-0.39, 0.29) is 5.69 Å². The maximum Gasteiger partial charge on any atom is 0.269 e. The van der Waals surface area contributed by atoms with E-state index in [2.05, 4.69) is 15.2 Å². The van der Waals surface area contributed by atoms with Crippen molar-refractivity contribution in [2.45, 2.75) is 13.0 Å². The summed E-state index contributed by atoms with van der Waals surface area (Å²) in [5.74, 6) is 0.150. The van der Waals surface area contributed by atoms with Gasteiger partial charge in [-0.25, -0.2) is 4.98 Å². The van der Waals surface area contributed by atoms with Gasteiger partial charge in [-0.15, -0.1) is 10.2 Å². The van der Waals surface area contributed by atoms with Crippen LogP contribution in [0.3, 0.4) is 0 Å². The number of hydrogen-bond donors (Lipinski definition) is 1. The third-order valence-corrected chi connectivity index (χ3v) is 2.76. The number of aromatic nitrogens is 4. The lowest BCUT2D eigenvalue weighted by Crippen LogP contribution is -2.22. The predicted molar refractivity (Wildman–Crippen MR) is 70.7 cm³/mol. The summed E-state index contributed by atoms with van der Waals surface area (Å²) in [5, 5.41) is 7.75. The Morgan fingerprint density at radius 3 is 2.84 bits per heavy atom. The van der Waals surface area contributed by atoms with Crippen LogP contribution >= 0.6 is 0 Å². The number of primary amides is 1. The van der Waals surface area contributed by atoms with Crippen LogP contribution in [0.1, 0.15) is 16.9 Å². The second-order valence-electron chi connectivity index (χ2n) is 4.22. The molecule has 7 nitrogen and oxygen atoms in total. The lowest BCUT2D eigenvalue weighted by Gasteiger charge is -2.17. The molecule has 0 saturated carbocycles. The Hall–Kier alpha value is -2.44. The fourth-order valence-electron chi connectivity index (χ4n) is 1.68. The van der Waals surface area contributed by atoms with Crippen LogP contribution in [0.4, 0.5) is 5.82 Å². The minimum absolute atomic E-state index is 0.176. The number of carbonyl (C=O) groups is 1. The third-order valence-electron chi connectivity index (χ3n) is 2.76. The molecule has 0 radical (unpaired) electrons. The first-order valence-electron chi connectivity index (χ1n) is 5.97. The molecule has 2 heterocycles. The molecule has 2 rings (SSSR count). The molecule has 1 amide bonds. The normalized spacial score (nSPS) is 10.4. The van der Waals surface area contributed by atoms with Crippen LogP contribution in [0.5, 0.6) is 0 Å². The van der Waals surface area contributed by atoms with Gasteiger partial charge in [-0.05, 0) is 18.6 Å². The average molecular weight is 260 g/mol. The Morgan fingerprint density at radius 1 is 1.42 bits per heavy atom. The van der Waals surface area contributed by atoms with E-state index in [1.165, 1.54) is 0 Å². The smallest absolute Gasteiger partial charge is 0.269 e. The van der Waals surface area contributed by atoms with Gasteiger partial charge in [0, 0.05) is 32.5 Å². The lowest BCUT2D eigenvalue weighted by atomic mass is 10.3. The monoisotopic (exact) mass is 260 g/mol. The van der Waals surface area contributed by atoms with Crippen LogP contribution in [0.15, 0.2) is 30.9 Å². The first kappa shape index (κ1) is 13.0. The summed E-state index contributed by atoms with van der Waals surface area (Å²) >= 11 is 0. The molecule has 2 aromatic rings. The predicted octanol–water partition coefficient (Wildman–Crippen LogP) is 0.298. The zero-order valence-corrected chi connectivity index (χ0v) is 10.7. The molecule has 0 aliphatic rings. The molecule has 2 aromatic heterocycles. The van der Waals surface area contributed by atoms with Crippen LogP contribution in [0, 0.1) is 0 Å². The number of rotatable bonds is 6. The maximum absolute atomic E-state index is 10.9. The Kier molecular flexibility index (Phi) is 4.07. The molecule has 0 atom stereocenters. The van der Waals surface area contributed by atoms with Crippen molar-refractivity contribution in [3.63, 3.8) is 0 Å². The summed E-state index contributed by atoms with van der Waals surface area (Å²) < 4.78 is 2.02. The van der Waals surface area contributed by atoms with Gasteiger partial charge in [-0.2, -0.15) is 0 Å². The quantitative estimate of drug-likeness (QED) is 0.806. The largest absolute Gasteiger partial charge is 0.364 e. The molecule has 0 aliphatic carbocycles. The molecular formula is C12H16N6O. The molecule has 0 saturated heterocycles. The van der Waals surface area contributed by atoms with E-state index in [0.717, 1.165) is 25.3 Å². The van der Waals surface area contributed by atoms with E-state index in [4.69, 9.17) is 5.73 Å². The van der Waals surface area contributed by atoms with Crippen molar-refractivity contribution < 1.29 is 4.79 Å². The number of imidazole rings is 1. The zero-order chi connectivity index (χ0) is 13.7. The third kappa shape index (κ3) is 3.51. The standard InChI is InChI=1S/C12H16N6O/c1-17(6-2-7-18-8-5-14-9-18)11-4-3-10(12(13)19)15-16-11/h3-5,8-9H,2,6-7H2,1H3,(H2,13,19). The van der Waals surface area contributed by atoms with Crippen molar-refractivity contribution in [3.05, 3.63) is 36.5 Å². The average Bonchev–Trinajstić information content (AvgIpc) is 2.92. The first-order valence-corrected chi connectivity index (χ1v) is 5.97. The Labute approximate surface area is 111 Å². The highest BCUT2D eigenvalue weighted by Crippen LogP contribution is 2.08. The molecule has 0 fully saturated rings.